The van der Waals surface area contributed by atoms with E-state index in [9.17, 15) is 17.6 Å². The fraction of sp³-hybridized carbons (Fsp3) is 0.600. The number of carbonyl (C=O) groups excluding carboxylic acids is 1. The summed E-state index contributed by atoms with van der Waals surface area (Å²) in [5.74, 6) is -0.0741. The van der Waals surface area contributed by atoms with Crippen molar-refractivity contribution in [3.8, 4) is 0 Å². The Balaban J connectivity index is 1.34. The van der Waals surface area contributed by atoms with Gasteiger partial charge in [-0.15, -0.1) is 0 Å². The van der Waals surface area contributed by atoms with Crippen molar-refractivity contribution < 1.29 is 22.3 Å². The minimum absolute atomic E-state index is 0.190. The molecule has 4 rings (SSSR count). The van der Waals surface area contributed by atoms with Crippen molar-refractivity contribution in [3.05, 3.63) is 24.0 Å². The quantitative estimate of drug-likeness (QED) is 0.589. The number of amides is 1. The molecule has 1 aromatic carbocycles. The Hall–Kier alpha value is -2.02. The number of carbonyl (C=O) groups is 1. The molecule has 2 saturated heterocycles. The molecule has 1 saturated carbocycles. The van der Waals surface area contributed by atoms with E-state index >= 15 is 0 Å². The van der Waals surface area contributed by atoms with Gasteiger partial charge in [0.15, 0.2) is 0 Å². The van der Waals surface area contributed by atoms with Gasteiger partial charge in [0.05, 0.1) is 29.5 Å². The molecule has 0 aromatic heterocycles. The van der Waals surface area contributed by atoms with Crippen molar-refractivity contribution in [3.63, 3.8) is 0 Å². The third-order valence-corrected chi connectivity index (χ3v) is 7.85. The molecular weight excluding hydrogens is 457 g/mol. The molecule has 12 heteroatoms. The van der Waals surface area contributed by atoms with Crippen molar-refractivity contribution in [2.24, 2.45) is 11.1 Å². The van der Waals surface area contributed by atoms with Crippen molar-refractivity contribution in [1.82, 2.24) is 9.62 Å². The van der Waals surface area contributed by atoms with Crippen LogP contribution in [0.5, 0.6) is 0 Å². The van der Waals surface area contributed by atoms with Crippen molar-refractivity contribution >= 4 is 44.9 Å². The maximum atomic E-state index is 14.9. The van der Waals surface area contributed by atoms with Crippen LogP contribution in [0.15, 0.2) is 18.2 Å². The second kappa shape index (κ2) is 9.46. The van der Waals surface area contributed by atoms with Crippen LogP contribution in [-0.2, 0) is 14.9 Å². The largest absolute Gasteiger partial charge is 0.442 e. The van der Waals surface area contributed by atoms with Crippen LogP contribution in [0.3, 0.4) is 0 Å². The summed E-state index contributed by atoms with van der Waals surface area (Å²) in [5.41, 5.74) is 0.774. The third-order valence-electron chi connectivity index (χ3n) is 6.29. The summed E-state index contributed by atoms with van der Waals surface area (Å²) in [4.78, 5) is 16.4. The summed E-state index contributed by atoms with van der Waals surface area (Å²) >= 11 is 5.46. The Labute approximate surface area is 192 Å². The van der Waals surface area contributed by atoms with E-state index in [4.69, 9.17) is 22.1 Å². The van der Waals surface area contributed by atoms with Crippen LogP contribution >= 0.6 is 12.2 Å². The fourth-order valence-corrected chi connectivity index (χ4v) is 5.48. The number of nitrogens with one attached hydrogen (secondary N) is 1. The molecule has 9 nitrogen and oxygen atoms in total. The Morgan fingerprint density at radius 1 is 1.22 bits per heavy atom. The highest BCUT2D eigenvalue weighted by Crippen LogP contribution is 2.29. The number of hydrogen-bond acceptors (Lipinski definition) is 6. The van der Waals surface area contributed by atoms with Crippen molar-refractivity contribution in [2.45, 2.75) is 31.8 Å². The van der Waals surface area contributed by atoms with Gasteiger partial charge in [-0.2, -0.15) is 12.7 Å². The highest BCUT2D eigenvalue weighted by molar-refractivity contribution is 7.86. The number of anilines is 2. The van der Waals surface area contributed by atoms with Crippen LogP contribution in [-0.4, -0.2) is 69.2 Å². The summed E-state index contributed by atoms with van der Waals surface area (Å²) in [6.07, 6.45) is 3.72. The summed E-state index contributed by atoms with van der Waals surface area (Å²) in [6, 6.07) is 4.58. The van der Waals surface area contributed by atoms with Crippen molar-refractivity contribution in [2.75, 3.05) is 49.1 Å². The molecule has 2 heterocycles. The number of rotatable bonds is 6. The first-order valence-corrected chi connectivity index (χ1v) is 12.7. The molecule has 3 fully saturated rings. The zero-order chi connectivity index (χ0) is 22.9. The smallest absolute Gasteiger partial charge is 0.414 e. The van der Waals surface area contributed by atoms with Gasteiger partial charge in [-0.1, -0.05) is 25.1 Å². The monoisotopic (exact) mass is 485 g/mol. The minimum Gasteiger partial charge on any atom is -0.442 e. The summed E-state index contributed by atoms with van der Waals surface area (Å²) in [6.45, 7) is 1.78. The van der Waals surface area contributed by atoms with Gasteiger partial charge in [-0.3, -0.25) is 4.90 Å². The van der Waals surface area contributed by atoms with E-state index in [1.807, 2.05) is 0 Å². The van der Waals surface area contributed by atoms with Crippen LogP contribution in [0.4, 0.5) is 20.6 Å². The van der Waals surface area contributed by atoms with Gasteiger partial charge in [0.1, 0.15) is 11.9 Å². The normalized spacial score (nSPS) is 22.9. The molecular formula is C20H28FN5O4S2. The highest BCUT2D eigenvalue weighted by atomic mass is 32.2. The van der Waals surface area contributed by atoms with E-state index in [2.05, 4.69) is 5.32 Å². The number of ether oxygens (including phenoxy) is 1. The first-order chi connectivity index (χ1) is 15.2. The van der Waals surface area contributed by atoms with Gasteiger partial charge in [-0.05, 0) is 31.0 Å². The van der Waals surface area contributed by atoms with Crippen LogP contribution in [0, 0.1) is 11.7 Å². The van der Waals surface area contributed by atoms with Gasteiger partial charge in [0.25, 0.3) is 10.2 Å². The third kappa shape index (κ3) is 5.13. The predicted octanol–water partition coefficient (Wildman–Crippen LogP) is 1.58. The average molecular weight is 486 g/mol. The zero-order valence-corrected chi connectivity index (χ0v) is 19.3. The van der Waals surface area contributed by atoms with Crippen LogP contribution < -0.4 is 20.3 Å². The standard InChI is InChI=1S/C20H28FN5O4S2/c21-17-11-15(5-6-18(17)24-7-9-25(10-8-24)32(22,28)29)26-13-16(30-20(26)27)12-23-19(31)14-3-1-2-4-14/h5-6,11,14,16H,1-4,7-10,12-13H2,(H,23,31)(H2,22,28,29)/t16-/m0/s1. The number of nitrogens with zero attached hydrogens (tertiary/aromatic N) is 3. The Kier molecular flexibility index (Phi) is 6.84. The van der Waals surface area contributed by atoms with E-state index in [0.29, 0.717) is 43.5 Å². The number of halogens is 1. The molecule has 0 spiro atoms. The van der Waals surface area contributed by atoms with Gasteiger partial charge in [-0.25, -0.2) is 14.3 Å². The lowest BCUT2D eigenvalue weighted by atomic mass is 10.1. The Morgan fingerprint density at radius 2 is 1.91 bits per heavy atom. The van der Waals surface area contributed by atoms with Crippen molar-refractivity contribution in [1.29, 1.82) is 0 Å². The average Bonchev–Trinajstić information content (AvgIpc) is 3.41. The number of hydrogen-bond donors (Lipinski definition) is 2. The molecule has 0 unspecified atom stereocenters. The van der Waals surface area contributed by atoms with Gasteiger partial charge >= 0.3 is 6.09 Å². The summed E-state index contributed by atoms with van der Waals surface area (Å²) in [5, 5.41) is 8.38. The zero-order valence-electron chi connectivity index (χ0n) is 17.7. The molecule has 176 valence electrons. The second-order valence-corrected chi connectivity index (χ2v) is 10.4. The number of nitrogens with two attached hydrogens (primary N) is 1. The molecule has 0 radical (unpaired) electrons. The van der Waals surface area contributed by atoms with Gasteiger partial charge < -0.3 is 15.0 Å². The molecule has 1 amide bonds. The Morgan fingerprint density at radius 3 is 2.53 bits per heavy atom. The highest BCUT2D eigenvalue weighted by Gasteiger charge is 2.33. The first-order valence-electron chi connectivity index (χ1n) is 10.8. The van der Waals surface area contributed by atoms with Crippen LogP contribution in [0.1, 0.15) is 25.7 Å². The summed E-state index contributed by atoms with van der Waals surface area (Å²) < 4.78 is 44.4. The molecule has 1 atom stereocenters. The molecule has 0 bridgehead atoms. The predicted molar refractivity (Wildman–Crippen MR) is 123 cm³/mol. The minimum atomic E-state index is -3.74. The van der Waals surface area contributed by atoms with E-state index in [-0.39, 0.29) is 19.2 Å². The lowest BCUT2D eigenvalue weighted by molar-refractivity contribution is 0.142. The van der Waals surface area contributed by atoms with Crippen LogP contribution in [0.25, 0.3) is 0 Å². The van der Waals surface area contributed by atoms with E-state index in [1.54, 1.807) is 17.0 Å². The number of benzene rings is 1. The van der Waals surface area contributed by atoms with Gasteiger partial charge in [0, 0.05) is 32.1 Å². The molecule has 1 aromatic rings. The maximum Gasteiger partial charge on any atom is 0.414 e. The molecule has 3 aliphatic rings. The number of thiocarbonyl (C=S) groups is 1. The lowest BCUT2D eigenvalue weighted by Gasteiger charge is -2.34. The Bertz CT molecular complexity index is 978. The van der Waals surface area contributed by atoms with Crippen LogP contribution in [0.2, 0.25) is 0 Å². The SMILES string of the molecule is NS(=O)(=O)N1CCN(c2ccc(N3C[C@H](CNC(=S)C4CCCC4)OC3=O)cc2F)CC1. The molecule has 2 aliphatic heterocycles. The topological polar surface area (TPSA) is 108 Å². The molecule has 3 N–H and O–H groups in total. The second-order valence-electron chi connectivity index (χ2n) is 8.41. The molecule has 1 aliphatic carbocycles. The lowest BCUT2D eigenvalue weighted by Crippen LogP contribution is -2.50. The van der Waals surface area contributed by atoms with E-state index in [0.717, 1.165) is 17.8 Å². The first kappa shape index (κ1) is 23.1. The molecule has 32 heavy (non-hydrogen) atoms. The van der Waals surface area contributed by atoms with E-state index < -0.39 is 22.1 Å². The van der Waals surface area contributed by atoms with Gasteiger partial charge in [0.2, 0.25) is 0 Å². The fourth-order valence-electron chi connectivity index (χ4n) is 4.49. The summed E-state index contributed by atoms with van der Waals surface area (Å²) in [7, 11) is -3.74. The number of cyclic esters (lactones) is 1. The maximum absolute atomic E-state index is 14.9. The van der Waals surface area contributed by atoms with E-state index in [1.165, 1.54) is 28.1 Å². The number of piperazine rings is 1.